The van der Waals surface area contributed by atoms with E-state index in [1.165, 1.54) is 38.3 Å². The predicted molar refractivity (Wildman–Crippen MR) is 148 cm³/mol. The highest BCUT2D eigenvalue weighted by atomic mass is 127. The van der Waals surface area contributed by atoms with E-state index in [9.17, 15) is 0 Å². The van der Waals surface area contributed by atoms with Gasteiger partial charge in [-0.2, -0.15) is 0 Å². The van der Waals surface area contributed by atoms with E-state index in [-0.39, 0.29) is 0 Å². The van der Waals surface area contributed by atoms with Crippen LogP contribution in [0.2, 0.25) is 0 Å². The second-order valence-corrected chi connectivity index (χ2v) is 10.4. The quantitative estimate of drug-likeness (QED) is 0.169. The van der Waals surface area contributed by atoms with Crippen molar-refractivity contribution in [3.05, 3.63) is 48.4 Å². The monoisotopic (exact) mass is 575 g/mol. The number of hydrogen-bond acceptors (Lipinski definition) is 7. The molecule has 0 saturated heterocycles. The van der Waals surface area contributed by atoms with Crippen LogP contribution in [0.15, 0.2) is 47.7 Å². The Bertz CT molecular complexity index is 1120. The maximum atomic E-state index is 6.15. The van der Waals surface area contributed by atoms with Crippen molar-refractivity contribution in [2.24, 2.45) is 16.6 Å². The normalized spacial score (nSPS) is 16.4. The summed E-state index contributed by atoms with van der Waals surface area (Å²) in [5.74, 6) is 2.01. The molecule has 0 aliphatic heterocycles. The Morgan fingerprint density at radius 3 is 2.88 bits per heavy atom. The summed E-state index contributed by atoms with van der Waals surface area (Å²) < 4.78 is 8.33. The van der Waals surface area contributed by atoms with Crippen LogP contribution in [0.3, 0.4) is 0 Å². The number of nitrogens with zero attached hydrogens (tertiary/aromatic N) is 3. The van der Waals surface area contributed by atoms with Gasteiger partial charge in [0.2, 0.25) is 0 Å². The van der Waals surface area contributed by atoms with Gasteiger partial charge < -0.3 is 15.8 Å². The molecule has 1 unspecified atom stereocenters. The minimum absolute atomic E-state index is 0.531. The maximum Gasteiger partial charge on any atom is 0.184 e. The molecule has 8 heteroatoms. The van der Waals surface area contributed by atoms with Crippen LogP contribution in [0.25, 0.3) is 15.8 Å². The number of hydrogen-bond donors (Lipinski definition) is 2. The van der Waals surface area contributed by atoms with E-state index < -0.39 is 0 Å². The number of aliphatic imine (C=N–C) groups is 1. The van der Waals surface area contributed by atoms with Crippen molar-refractivity contribution in [2.45, 2.75) is 45.1 Å². The first-order valence-corrected chi connectivity index (χ1v) is 13.8. The lowest BCUT2D eigenvalue weighted by Gasteiger charge is -2.22. The minimum Gasteiger partial charge on any atom is -0.457 e. The average Bonchev–Trinajstić information content (AvgIpc) is 3.24. The molecule has 1 atom stereocenters. The lowest BCUT2D eigenvalue weighted by molar-refractivity contribution is 0.462. The van der Waals surface area contributed by atoms with Crippen LogP contribution in [0.1, 0.15) is 44.7 Å². The zero-order valence-corrected chi connectivity index (χ0v) is 21.8. The van der Waals surface area contributed by atoms with Gasteiger partial charge in [-0.15, -0.1) is 0 Å². The Labute approximate surface area is 212 Å². The molecule has 1 aromatic carbocycles. The van der Waals surface area contributed by atoms with Gasteiger partial charge in [-0.1, -0.05) is 60.1 Å². The summed E-state index contributed by atoms with van der Waals surface area (Å²) in [7, 11) is 0. The van der Waals surface area contributed by atoms with Crippen LogP contribution in [-0.2, 0) is 0 Å². The SMILES string of the molecule is CC(CI)CN=CC(=CN)c1cc(Oc2ccc3nc(NC4CCCCC4)sc3c2)ccn1. The van der Waals surface area contributed by atoms with Gasteiger partial charge in [-0.05, 0) is 37.0 Å². The van der Waals surface area contributed by atoms with Crippen LogP contribution in [0.5, 0.6) is 11.5 Å². The Balaban J connectivity index is 1.45. The average molecular weight is 576 g/mol. The Kier molecular flexibility index (Phi) is 8.55. The molecule has 2 heterocycles. The lowest BCUT2D eigenvalue weighted by Crippen LogP contribution is -2.21. The zero-order chi connectivity index (χ0) is 23.0. The van der Waals surface area contributed by atoms with Crippen molar-refractivity contribution >= 4 is 61.1 Å². The fourth-order valence-corrected chi connectivity index (χ4v) is 5.04. The van der Waals surface area contributed by atoms with E-state index in [1.54, 1.807) is 23.7 Å². The zero-order valence-electron chi connectivity index (χ0n) is 18.8. The number of rotatable bonds is 9. The summed E-state index contributed by atoms with van der Waals surface area (Å²) in [5.41, 5.74) is 8.34. The number of nitrogens with one attached hydrogen (secondary N) is 1. The molecule has 0 radical (unpaired) electrons. The van der Waals surface area contributed by atoms with Gasteiger partial charge in [-0.3, -0.25) is 9.98 Å². The summed E-state index contributed by atoms with van der Waals surface area (Å²) in [6.45, 7) is 2.94. The number of anilines is 1. The largest absolute Gasteiger partial charge is 0.457 e. The highest BCUT2D eigenvalue weighted by Gasteiger charge is 2.15. The van der Waals surface area contributed by atoms with E-state index in [0.29, 0.717) is 17.7 Å². The van der Waals surface area contributed by atoms with Crippen molar-refractivity contribution in [1.29, 1.82) is 0 Å². The number of nitrogens with two attached hydrogens (primary N) is 1. The van der Waals surface area contributed by atoms with E-state index in [2.05, 4.69) is 44.8 Å². The molecule has 0 bridgehead atoms. The molecule has 1 fully saturated rings. The molecular formula is C25H30IN5OS. The highest BCUT2D eigenvalue weighted by molar-refractivity contribution is 14.1. The van der Waals surface area contributed by atoms with Crippen molar-refractivity contribution in [3.63, 3.8) is 0 Å². The van der Waals surface area contributed by atoms with E-state index in [1.807, 2.05) is 30.3 Å². The number of pyridine rings is 1. The third kappa shape index (κ3) is 6.66. The number of thiazole rings is 1. The standard InChI is InChI=1S/C25H30IN5OS/c1-17(13-26)15-28-16-18(14-27)23-11-21(9-10-29-23)32-20-7-8-22-24(12-20)33-25(31-22)30-19-5-3-2-4-6-19/h7-12,14,16-17,19H,2-6,13,15,27H2,1H3,(H,30,31). The molecular weight excluding hydrogens is 545 g/mol. The van der Waals surface area contributed by atoms with Gasteiger partial charge in [0.05, 0.1) is 15.9 Å². The number of benzene rings is 1. The third-order valence-electron chi connectivity index (χ3n) is 5.65. The van der Waals surface area contributed by atoms with Crippen LogP contribution in [-0.4, -0.2) is 33.2 Å². The number of halogens is 1. The molecule has 33 heavy (non-hydrogen) atoms. The first kappa shape index (κ1) is 23.9. The molecule has 1 aliphatic carbocycles. The fraction of sp³-hybridized carbons (Fsp3) is 0.400. The molecule has 174 valence electrons. The molecule has 2 aromatic heterocycles. The number of fused-ring (bicyclic) bond motifs is 1. The van der Waals surface area contributed by atoms with Gasteiger partial charge in [0.15, 0.2) is 5.13 Å². The van der Waals surface area contributed by atoms with E-state index in [4.69, 9.17) is 15.5 Å². The second-order valence-electron chi connectivity index (χ2n) is 8.48. The van der Waals surface area contributed by atoms with Crippen molar-refractivity contribution in [3.8, 4) is 11.5 Å². The first-order valence-electron chi connectivity index (χ1n) is 11.4. The van der Waals surface area contributed by atoms with Crippen molar-refractivity contribution in [1.82, 2.24) is 9.97 Å². The van der Waals surface area contributed by atoms with Gasteiger partial charge in [0, 0.05) is 53.3 Å². The van der Waals surface area contributed by atoms with Gasteiger partial charge in [0.25, 0.3) is 0 Å². The predicted octanol–water partition coefficient (Wildman–Crippen LogP) is 6.67. The fourth-order valence-electron chi connectivity index (χ4n) is 3.79. The van der Waals surface area contributed by atoms with Crippen molar-refractivity contribution < 1.29 is 4.74 Å². The van der Waals surface area contributed by atoms with Gasteiger partial charge in [-0.25, -0.2) is 4.98 Å². The Hall–Kier alpha value is -2.20. The summed E-state index contributed by atoms with van der Waals surface area (Å²) >= 11 is 4.06. The molecule has 1 aliphatic rings. The molecule has 0 spiro atoms. The van der Waals surface area contributed by atoms with E-state index >= 15 is 0 Å². The summed E-state index contributed by atoms with van der Waals surface area (Å²) in [4.78, 5) is 13.7. The maximum absolute atomic E-state index is 6.15. The highest BCUT2D eigenvalue weighted by Crippen LogP contribution is 2.33. The number of aromatic nitrogens is 2. The molecule has 3 aromatic rings. The first-order chi connectivity index (χ1) is 16.1. The number of alkyl halides is 1. The molecule has 1 saturated carbocycles. The number of allylic oxidation sites excluding steroid dienone is 1. The smallest absolute Gasteiger partial charge is 0.184 e. The molecule has 4 rings (SSSR count). The molecule has 3 N–H and O–H groups in total. The summed E-state index contributed by atoms with van der Waals surface area (Å²) in [6, 6.07) is 10.3. The second kappa shape index (κ2) is 11.8. The van der Waals surface area contributed by atoms with Gasteiger partial charge >= 0.3 is 0 Å². The Morgan fingerprint density at radius 1 is 1.27 bits per heavy atom. The van der Waals surface area contributed by atoms with Crippen LogP contribution < -0.4 is 15.8 Å². The molecule has 0 amide bonds. The minimum atomic E-state index is 0.531. The summed E-state index contributed by atoms with van der Waals surface area (Å²) in [5, 5.41) is 4.62. The topological polar surface area (TPSA) is 85.4 Å². The molecule has 6 nitrogen and oxygen atoms in total. The van der Waals surface area contributed by atoms with Gasteiger partial charge in [0.1, 0.15) is 11.5 Å². The van der Waals surface area contributed by atoms with E-state index in [0.717, 1.165) is 43.3 Å². The third-order valence-corrected chi connectivity index (χ3v) is 8.10. The van der Waals surface area contributed by atoms with Crippen LogP contribution in [0.4, 0.5) is 5.13 Å². The van der Waals surface area contributed by atoms with Crippen LogP contribution in [0, 0.1) is 5.92 Å². The lowest BCUT2D eigenvalue weighted by atomic mass is 9.96. The summed E-state index contributed by atoms with van der Waals surface area (Å²) in [6.07, 6.45) is 11.5. The van der Waals surface area contributed by atoms with Crippen LogP contribution >= 0.6 is 33.9 Å². The van der Waals surface area contributed by atoms with Crippen molar-refractivity contribution in [2.75, 3.05) is 16.3 Å². The Morgan fingerprint density at radius 2 is 2.09 bits per heavy atom. The number of ether oxygens (including phenoxy) is 1.